The van der Waals surface area contributed by atoms with Gasteiger partial charge in [0.15, 0.2) is 12.2 Å². The zero-order chi connectivity index (χ0) is 20.6. The molecule has 3 aromatic rings. The summed E-state index contributed by atoms with van der Waals surface area (Å²) < 4.78 is 43.4. The molecule has 9 heteroatoms. The molecule has 4 rings (SSSR count). The summed E-state index contributed by atoms with van der Waals surface area (Å²) in [4.78, 5) is 12.5. The molecule has 1 N–H and O–H groups in total. The van der Waals surface area contributed by atoms with Gasteiger partial charge in [0.05, 0.1) is 24.2 Å². The Labute approximate surface area is 182 Å². The number of hydrogen-bond donors (Lipinski definition) is 1. The molecule has 0 aliphatic carbocycles. The normalized spacial score (nSPS) is 12.9. The number of imidazole rings is 1. The Morgan fingerprint density at radius 3 is 2.53 bits per heavy atom. The summed E-state index contributed by atoms with van der Waals surface area (Å²) in [6.07, 6.45) is -0.904. The van der Waals surface area contributed by atoms with Crippen molar-refractivity contribution in [3.63, 3.8) is 0 Å². The van der Waals surface area contributed by atoms with Crippen LogP contribution in [-0.2, 0) is 30.5 Å². The average Bonchev–Trinajstić information content (AvgIpc) is 3.26. The highest BCUT2D eigenvalue weighted by atomic mass is 35.5. The van der Waals surface area contributed by atoms with Gasteiger partial charge >= 0.3 is 6.18 Å². The number of fused-ring (bicyclic) bond motifs is 1. The van der Waals surface area contributed by atoms with E-state index >= 15 is 0 Å². The van der Waals surface area contributed by atoms with Crippen LogP contribution in [0.5, 0.6) is 0 Å². The van der Waals surface area contributed by atoms with E-state index in [-0.39, 0.29) is 24.6 Å². The van der Waals surface area contributed by atoms with Gasteiger partial charge in [-0.15, -0.1) is 0 Å². The minimum absolute atomic E-state index is 0. The maximum atomic E-state index is 13.2. The lowest BCUT2D eigenvalue weighted by atomic mass is 10.1. The molecule has 2 aromatic carbocycles. The maximum absolute atomic E-state index is 13.2. The Kier molecular flexibility index (Phi) is 6.43. The zero-order valence-corrected chi connectivity index (χ0v) is 17.2. The van der Waals surface area contributed by atoms with E-state index in [0.717, 1.165) is 42.5 Å². The lowest BCUT2D eigenvalue weighted by Gasteiger charge is -2.13. The predicted octanol–water partition coefficient (Wildman–Crippen LogP) is 1.70. The third-order valence-corrected chi connectivity index (χ3v) is 5.21. The van der Waals surface area contributed by atoms with Crippen molar-refractivity contribution in [2.24, 2.45) is 0 Å². The fraction of sp³-hybridized carbons (Fsp3) is 0.238. The van der Waals surface area contributed by atoms with Crippen LogP contribution < -0.4 is 22.3 Å². The minimum Gasteiger partial charge on any atom is -1.00 e. The number of carbonyl (C=O) groups is 1. The van der Waals surface area contributed by atoms with Crippen LogP contribution in [0.4, 0.5) is 18.9 Å². The molecule has 0 radical (unpaired) electrons. The molecule has 1 aliphatic rings. The molecule has 1 amide bonds. The van der Waals surface area contributed by atoms with Crippen LogP contribution in [-0.4, -0.2) is 10.5 Å². The van der Waals surface area contributed by atoms with Gasteiger partial charge in [-0.25, -0.2) is 9.13 Å². The number of rotatable bonds is 4. The monoisotopic (exact) mass is 455 g/mol. The van der Waals surface area contributed by atoms with Gasteiger partial charge in [-0.05, 0) is 42.8 Å². The molecule has 0 spiro atoms. The molecular formula is C21H18Cl2F3N3O. The fourth-order valence-electron chi connectivity index (χ4n) is 3.68. The smallest absolute Gasteiger partial charge is 0.418 e. The summed E-state index contributed by atoms with van der Waals surface area (Å²) in [6, 6.07) is 12.4. The van der Waals surface area contributed by atoms with Crippen LogP contribution in [0.25, 0.3) is 11.3 Å². The molecule has 0 saturated heterocycles. The molecule has 0 fully saturated rings. The molecule has 4 nitrogen and oxygen atoms in total. The number of nitrogens with one attached hydrogen (secondary N) is 1. The number of amides is 1. The Hall–Kier alpha value is -2.51. The maximum Gasteiger partial charge on any atom is 0.418 e. The van der Waals surface area contributed by atoms with Crippen LogP contribution in [0, 0.1) is 0 Å². The van der Waals surface area contributed by atoms with E-state index in [1.165, 1.54) is 18.2 Å². The number of para-hydroxylation sites is 1. The number of hydrogen-bond acceptors (Lipinski definition) is 1. The van der Waals surface area contributed by atoms with Crippen LogP contribution >= 0.6 is 11.6 Å². The molecule has 0 atom stereocenters. The Morgan fingerprint density at radius 1 is 1.13 bits per heavy atom. The molecule has 158 valence electrons. The fourth-order valence-corrected chi connectivity index (χ4v) is 3.81. The highest BCUT2D eigenvalue weighted by Gasteiger charge is 2.34. The second-order valence-electron chi connectivity index (χ2n) is 6.91. The summed E-state index contributed by atoms with van der Waals surface area (Å²) in [5.41, 5.74) is 0.832. The Balaban J connectivity index is 0.00000256. The average molecular weight is 456 g/mol. The molecular weight excluding hydrogens is 438 g/mol. The zero-order valence-electron chi connectivity index (χ0n) is 15.7. The number of benzene rings is 2. The molecule has 0 bridgehead atoms. The van der Waals surface area contributed by atoms with Gasteiger partial charge in [0.25, 0.3) is 11.7 Å². The number of aromatic nitrogens is 2. The highest BCUT2D eigenvalue weighted by Crippen LogP contribution is 2.34. The number of nitrogens with zero attached hydrogens (tertiary/aromatic N) is 2. The summed E-state index contributed by atoms with van der Waals surface area (Å²) in [7, 11) is 0. The SMILES string of the molecule is O=C(C[n+]1cc(-c2ccc(Cl)cc2)n2c1CCC2)Nc1ccccc1C(F)(F)F.[Cl-]. The third-order valence-electron chi connectivity index (χ3n) is 4.95. The quantitative estimate of drug-likeness (QED) is 0.597. The highest BCUT2D eigenvalue weighted by molar-refractivity contribution is 6.30. The second kappa shape index (κ2) is 8.70. The Bertz CT molecular complexity index is 1060. The van der Waals surface area contributed by atoms with E-state index in [2.05, 4.69) is 9.88 Å². The van der Waals surface area contributed by atoms with Gasteiger partial charge in [0, 0.05) is 10.6 Å². The number of anilines is 1. The van der Waals surface area contributed by atoms with E-state index in [0.29, 0.717) is 5.02 Å². The van der Waals surface area contributed by atoms with Gasteiger partial charge in [0.2, 0.25) is 0 Å². The van der Waals surface area contributed by atoms with Crippen molar-refractivity contribution in [3.05, 3.63) is 71.1 Å². The van der Waals surface area contributed by atoms with Gasteiger partial charge in [-0.3, -0.25) is 4.79 Å². The van der Waals surface area contributed by atoms with Crippen molar-refractivity contribution in [2.45, 2.75) is 32.1 Å². The molecule has 0 unspecified atom stereocenters. The van der Waals surface area contributed by atoms with Crippen LogP contribution in [0.3, 0.4) is 0 Å². The van der Waals surface area contributed by atoms with Crippen molar-refractivity contribution in [1.29, 1.82) is 0 Å². The van der Waals surface area contributed by atoms with E-state index in [1.54, 1.807) is 12.1 Å². The van der Waals surface area contributed by atoms with Gasteiger partial charge in [0.1, 0.15) is 6.20 Å². The van der Waals surface area contributed by atoms with Crippen molar-refractivity contribution in [2.75, 3.05) is 5.32 Å². The molecule has 1 aromatic heterocycles. The summed E-state index contributed by atoms with van der Waals surface area (Å²) in [5.74, 6) is 0.476. The van der Waals surface area contributed by atoms with Crippen molar-refractivity contribution in [3.8, 4) is 11.3 Å². The molecule has 0 saturated carbocycles. The minimum atomic E-state index is -4.53. The topological polar surface area (TPSA) is 37.9 Å². The first-order valence-corrected chi connectivity index (χ1v) is 9.54. The molecule has 30 heavy (non-hydrogen) atoms. The van der Waals surface area contributed by atoms with Crippen molar-refractivity contribution >= 4 is 23.2 Å². The van der Waals surface area contributed by atoms with E-state index < -0.39 is 17.6 Å². The number of alkyl halides is 3. The van der Waals surface area contributed by atoms with E-state index in [9.17, 15) is 18.0 Å². The largest absolute Gasteiger partial charge is 1.00 e. The molecule has 1 aliphatic heterocycles. The summed E-state index contributed by atoms with van der Waals surface area (Å²) >= 11 is 5.97. The second-order valence-corrected chi connectivity index (χ2v) is 7.35. The molecule has 2 heterocycles. The predicted molar refractivity (Wildman–Crippen MR) is 103 cm³/mol. The van der Waals surface area contributed by atoms with Crippen LogP contribution in [0.1, 0.15) is 17.8 Å². The third kappa shape index (κ3) is 4.47. The lowest BCUT2D eigenvalue weighted by molar-refractivity contribution is -0.690. The number of carbonyl (C=O) groups excluding carboxylic acids is 1. The number of halogens is 5. The van der Waals surface area contributed by atoms with E-state index in [1.807, 2.05) is 22.9 Å². The standard InChI is InChI=1S/C21H17ClF3N3O.ClH/c22-15-9-7-14(8-10-15)18-12-27(20-6-3-11-28(18)20)13-19(29)26-17-5-2-1-4-16(17)21(23,24)25;/h1-2,4-5,7-10,12H,3,6,11,13H2;1H. The van der Waals surface area contributed by atoms with Crippen molar-refractivity contribution < 1.29 is 34.9 Å². The first-order chi connectivity index (χ1) is 13.8. The lowest BCUT2D eigenvalue weighted by Crippen LogP contribution is -3.00. The Morgan fingerprint density at radius 2 is 1.83 bits per heavy atom. The summed E-state index contributed by atoms with van der Waals surface area (Å²) in [6.45, 7) is 0.772. The van der Waals surface area contributed by atoms with E-state index in [4.69, 9.17) is 11.6 Å². The van der Waals surface area contributed by atoms with Crippen LogP contribution in [0.15, 0.2) is 54.7 Å². The van der Waals surface area contributed by atoms with Crippen molar-refractivity contribution in [1.82, 2.24) is 4.57 Å². The first kappa shape index (κ1) is 22.2. The van der Waals surface area contributed by atoms with Gasteiger partial charge in [-0.2, -0.15) is 13.2 Å². The summed E-state index contributed by atoms with van der Waals surface area (Å²) in [5, 5.41) is 3.04. The first-order valence-electron chi connectivity index (χ1n) is 9.17. The van der Waals surface area contributed by atoms with Gasteiger partial charge in [-0.1, -0.05) is 23.7 Å². The van der Waals surface area contributed by atoms with Crippen LogP contribution in [0.2, 0.25) is 5.02 Å². The van der Waals surface area contributed by atoms with Gasteiger partial charge < -0.3 is 17.7 Å².